The van der Waals surface area contributed by atoms with Crippen molar-refractivity contribution in [1.82, 2.24) is 0 Å². The molecule has 1 saturated heterocycles. The zero-order valence-corrected chi connectivity index (χ0v) is 11.9. The Labute approximate surface area is 112 Å². The second-order valence-corrected chi connectivity index (χ2v) is 7.05. The largest absolute Gasteiger partial charge is 0.487 e. The van der Waals surface area contributed by atoms with Crippen LogP contribution < -0.4 is 4.74 Å². The van der Waals surface area contributed by atoms with Crippen LogP contribution in [-0.2, 0) is 13.8 Å². The van der Waals surface area contributed by atoms with Gasteiger partial charge in [-0.25, -0.2) is 8.42 Å². The summed E-state index contributed by atoms with van der Waals surface area (Å²) in [6.07, 6.45) is 0.854. The second-order valence-electron chi connectivity index (χ2n) is 3.63. The van der Waals surface area contributed by atoms with E-state index in [0.717, 1.165) is 6.42 Å². The first-order chi connectivity index (χ1) is 7.97. The minimum atomic E-state index is -3.71. The zero-order chi connectivity index (χ0) is 12.5. The maximum absolute atomic E-state index is 11.1. The van der Waals surface area contributed by atoms with Crippen molar-refractivity contribution in [3.63, 3.8) is 0 Å². The summed E-state index contributed by atoms with van der Waals surface area (Å²) >= 11 is 3.26. The molecule has 0 radical (unpaired) electrons. The van der Waals surface area contributed by atoms with Crippen LogP contribution in [-0.4, -0.2) is 27.7 Å². The Hall–Kier alpha value is -0.300. The molecule has 94 valence electrons. The molecule has 0 spiro atoms. The minimum absolute atomic E-state index is 0.0183. The Balaban J connectivity index is 2.19. The first kappa shape index (κ1) is 13.1. The molecule has 1 fully saturated rings. The van der Waals surface area contributed by atoms with Crippen LogP contribution in [0.3, 0.4) is 0 Å². The quantitative estimate of drug-likeness (QED) is 0.793. The van der Waals surface area contributed by atoms with Gasteiger partial charge >= 0.3 is 0 Å². The summed E-state index contributed by atoms with van der Waals surface area (Å²) in [5.74, 6) is 0.588. The SMILES string of the molecule is O=S(=O)(Cl)c1ccc(OC2CCOC2)c(Br)c1. The summed E-state index contributed by atoms with van der Waals surface area (Å²) < 4.78 is 33.7. The fourth-order valence-electron chi connectivity index (χ4n) is 1.51. The van der Waals surface area contributed by atoms with Gasteiger partial charge in [-0.3, -0.25) is 0 Å². The Morgan fingerprint density at radius 3 is 2.76 bits per heavy atom. The Morgan fingerprint density at radius 2 is 2.24 bits per heavy atom. The molecule has 7 heteroatoms. The van der Waals surface area contributed by atoms with Crippen LogP contribution in [0.2, 0.25) is 0 Å². The zero-order valence-electron chi connectivity index (χ0n) is 8.73. The molecule has 17 heavy (non-hydrogen) atoms. The van der Waals surface area contributed by atoms with Crippen LogP contribution in [0.15, 0.2) is 27.6 Å². The summed E-state index contributed by atoms with van der Waals surface area (Å²) in [6.45, 7) is 1.25. The molecule has 2 rings (SSSR count). The van der Waals surface area contributed by atoms with Gasteiger partial charge in [0, 0.05) is 17.1 Å². The second kappa shape index (κ2) is 5.14. The molecule has 1 atom stereocenters. The standard InChI is InChI=1S/C10H10BrClO4S/c11-9-5-8(17(12,13)14)1-2-10(9)16-7-3-4-15-6-7/h1-2,5,7H,3-4,6H2. The molecule has 0 aromatic heterocycles. The van der Waals surface area contributed by atoms with E-state index in [1.165, 1.54) is 12.1 Å². The van der Waals surface area contributed by atoms with Crippen molar-refractivity contribution in [2.75, 3.05) is 13.2 Å². The van der Waals surface area contributed by atoms with Crippen molar-refractivity contribution in [2.24, 2.45) is 0 Å². The summed E-state index contributed by atoms with van der Waals surface area (Å²) in [6, 6.07) is 4.42. The number of benzene rings is 1. The monoisotopic (exact) mass is 340 g/mol. The summed E-state index contributed by atoms with van der Waals surface area (Å²) in [5.41, 5.74) is 0. The van der Waals surface area contributed by atoms with E-state index in [4.69, 9.17) is 20.2 Å². The highest BCUT2D eigenvalue weighted by atomic mass is 79.9. The normalized spacial score (nSPS) is 20.5. The number of hydrogen-bond donors (Lipinski definition) is 0. The third-order valence-electron chi connectivity index (χ3n) is 2.37. The topological polar surface area (TPSA) is 52.6 Å². The van der Waals surface area contributed by atoms with Crippen LogP contribution in [0.1, 0.15) is 6.42 Å². The molecule has 0 N–H and O–H groups in total. The van der Waals surface area contributed by atoms with Gasteiger partial charge in [0.15, 0.2) is 0 Å². The molecule has 4 nitrogen and oxygen atoms in total. The highest BCUT2D eigenvalue weighted by Gasteiger charge is 2.19. The van der Waals surface area contributed by atoms with E-state index in [2.05, 4.69) is 15.9 Å². The molecule has 0 aliphatic carbocycles. The van der Waals surface area contributed by atoms with Crippen LogP contribution in [0, 0.1) is 0 Å². The van der Waals surface area contributed by atoms with Crippen molar-refractivity contribution in [3.05, 3.63) is 22.7 Å². The van der Waals surface area contributed by atoms with Crippen LogP contribution in [0.4, 0.5) is 0 Å². The maximum atomic E-state index is 11.1. The number of halogens is 2. The van der Waals surface area contributed by atoms with Gasteiger partial charge < -0.3 is 9.47 Å². The third-order valence-corrected chi connectivity index (χ3v) is 4.34. The molecule has 0 bridgehead atoms. The van der Waals surface area contributed by atoms with Crippen molar-refractivity contribution in [1.29, 1.82) is 0 Å². The fourth-order valence-corrected chi connectivity index (χ4v) is 2.92. The minimum Gasteiger partial charge on any atom is -0.487 e. The van der Waals surface area contributed by atoms with E-state index in [1.54, 1.807) is 6.07 Å². The lowest BCUT2D eigenvalue weighted by Gasteiger charge is -2.13. The van der Waals surface area contributed by atoms with Crippen molar-refractivity contribution in [2.45, 2.75) is 17.4 Å². The Morgan fingerprint density at radius 1 is 1.47 bits per heavy atom. The highest BCUT2D eigenvalue weighted by Crippen LogP contribution is 2.30. The predicted octanol–water partition coefficient (Wildman–Crippen LogP) is 2.54. The average molecular weight is 342 g/mol. The number of rotatable bonds is 3. The fraction of sp³-hybridized carbons (Fsp3) is 0.400. The van der Waals surface area contributed by atoms with Gasteiger partial charge in [0.1, 0.15) is 11.9 Å². The predicted molar refractivity (Wildman–Crippen MR) is 67.0 cm³/mol. The van der Waals surface area contributed by atoms with Gasteiger partial charge in [0.2, 0.25) is 0 Å². The molecule has 0 amide bonds. The maximum Gasteiger partial charge on any atom is 0.261 e. The first-order valence-corrected chi connectivity index (χ1v) is 8.05. The van der Waals surface area contributed by atoms with Gasteiger partial charge in [0.25, 0.3) is 9.05 Å². The molecule has 1 aromatic carbocycles. The van der Waals surface area contributed by atoms with E-state index in [-0.39, 0.29) is 11.0 Å². The van der Waals surface area contributed by atoms with Crippen molar-refractivity contribution < 1.29 is 17.9 Å². The lowest BCUT2D eigenvalue weighted by molar-refractivity contribution is 0.141. The summed E-state index contributed by atoms with van der Waals surface area (Å²) in [5, 5.41) is 0. The van der Waals surface area contributed by atoms with Gasteiger partial charge in [-0.15, -0.1) is 0 Å². The summed E-state index contributed by atoms with van der Waals surface area (Å²) in [7, 11) is 1.54. The van der Waals surface area contributed by atoms with Crippen LogP contribution >= 0.6 is 26.6 Å². The molecule has 1 heterocycles. The van der Waals surface area contributed by atoms with Gasteiger partial charge in [0.05, 0.1) is 22.6 Å². The molecule has 0 saturated carbocycles. The highest BCUT2D eigenvalue weighted by molar-refractivity contribution is 9.10. The number of hydrogen-bond acceptors (Lipinski definition) is 4. The molecule has 1 unspecified atom stereocenters. The van der Waals surface area contributed by atoms with Crippen LogP contribution in [0.5, 0.6) is 5.75 Å². The van der Waals surface area contributed by atoms with E-state index in [1.807, 2.05) is 0 Å². The Kier molecular flexibility index (Phi) is 3.97. The van der Waals surface area contributed by atoms with Gasteiger partial charge in [-0.05, 0) is 34.1 Å². The first-order valence-electron chi connectivity index (χ1n) is 4.95. The Bertz CT molecular complexity index is 511. The van der Waals surface area contributed by atoms with E-state index in [9.17, 15) is 8.42 Å². The van der Waals surface area contributed by atoms with E-state index in [0.29, 0.717) is 23.4 Å². The van der Waals surface area contributed by atoms with Crippen LogP contribution in [0.25, 0.3) is 0 Å². The van der Waals surface area contributed by atoms with E-state index < -0.39 is 9.05 Å². The molecule has 1 aliphatic rings. The average Bonchev–Trinajstić information content (AvgIpc) is 2.72. The van der Waals surface area contributed by atoms with Gasteiger partial charge in [-0.2, -0.15) is 0 Å². The molecular weight excluding hydrogens is 332 g/mol. The van der Waals surface area contributed by atoms with Gasteiger partial charge in [-0.1, -0.05) is 0 Å². The molecular formula is C10H10BrClO4S. The smallest absolute Gasteiger partial charge is 0.261 e. The lowest BCUT2D eigenvalue weighted by atomic mass is 10.3. The van der Waals surface area contributed by atoms with Crippen molar-refractivity contribution in [3.8, 4) is 5.75 Å². The third kappa shape index (κ3) is 3.34. The number of ether oxygens (including phenoxy) is 2. The molecule has 1 aromatic rings. The molecule has 1 aliphatic heterocycles. The summed E-state index contributed by atoms with van der Waals surface area (Å²) in [4.78, 5) is 0.0427. The van der Waals surface area contributed by atoms with Crippen molar-refractivity contribution >= 4 is 35.7 Å². The van der Waals surface area contributed by atoms with E-state index >= 15 is 0 Å². The lowest BCUT2D eigenvalue weighted by Crippen LogP contribution is -2.15.